The van der Waals surface area contributed by atoms with Crippen molar-refractivity contribution in [1.29, 1.82) is 0 Å². The zero-order valence-electron chi connectivity index (χ0n) is 8.44. The standard InChI is InChI=1S/C10H13N5/c1-7(8-4-13-14-5-8)15-10-3-2-9(11)6-12-10/h2-7H,11H2,1H3,(H,12,15)(H,13,14). The van der Waals surface area contributed by atoms with Crippen molar-refractivity contribution in [2.24, 2.45) is 0 Å². The fourth-order valence-electron chi connectivity index (χ4n) is 1.29. The molecule has 0 aliphatic heterocycles. The summed E-state index contributed by atoms with van der Waals surface area (Å²) in [6.07, 6.45) is 5.27. The Morgan fingerprint density at radius 1 is 1.40 bits per heavy atom. The van der Waals surface area contributed by atoms with Gasteiger partial charge in [0, 0.05) is 11.8 Å². The van der Waals surface area contributed by atoms with Crippen molar-refractivity contribution in [1.82, 2.24) is 15.2 Å². The second-order valence-corrected chi connectivity index (χ2v) is 3.37. The van der Waals surface area contributed by atoms with Gasteiger partial charge < -0.3 is 11.1 Å². The Morgan fingerprint density at radius 3 is 2.87 bits per heavy atom. The molecule has 0 radical (unpaired) electrons. The van der Waals surface area contributed by atoms with E-state index in [9.17, 15) is 0 Å². The Bertz CT molecular complexity index is 406. The monoisotopic (exact) mass is 203 g/mol. The van der Waals surface area contributed by atoms with Crippen molar-refractivity contribution in [3.8, 4) is 0 Å². The number of nitrogens with one attached hydrogen (secondary N) is 2. The quantitative estimate of drug-likeness (QED) is 0.707. The molecule has 15 heavy (non-hydrogen) atoms. The van der Waals surface area contributed by atoms with E-state index in [0.29, 0.717) is 5.69 Å². The largest absolute Gasteiger partial charge is 0.397 e. The number of nitrogens with zero attached hydrogens (tertiary/aromatic N) is 2. The number of hydrogen-bond donors (Lipinski definition) is 3. The Kier molecular flexibility index (Phi) is 2.53. The first-order valence-electron chi connectivity index (χ1n) is 4.72. The predicted octanol–water partition coefficient (Wildman–Crippen LogP) is 1.56. The van der Waals surface area contributed by atoms with Gasteiger partial charge in [-0.1, -0.05) is 0 Å². The second kappa shape index (κ2) is 4.00. The van der Waals surface area contributed by atoms with E-state index >= 15 is 0 Å². The number of hydrogen-bond acceptors (Lipinski definition) is 4. The normalized spacial score (nSPS) is 12.3. The zero-order chi connectivity index (χ0) is 10.7. The minimum absolute atomic E-state index is 0.167. The van der Waals surface area contributed by atoms with Gasteiger partial charge in [-0.05, 0) is 19.1 Å². The summed E-state index contributed by atoms with van der Waals surface area (Å²) < 4.78 is 0. The molecule has 0 aliphatic carbocycles. The summed E-state index contributed by atoms with van der Waals surface area (Å²) in [6.45, 7) is 2.04. The highest BCUT2D eigenvalue weighted by atomic mass is 15.1. The molecule has 5 nitrogen and oxygen atoms in total. The summed E-state index contributed by atoms with van der Waals surface area (Å²) in [6, 6.07) is 3.84. The van der Waals surface area contributed by atoms with Crippen molar-refractivity contribution >= 4 is 11.5 Å². The third-order valence-corrected chi connectivity index (χ3v) is 2.17. The second-order valence-electron chi connectivity index (χ2n) is 3.37. The Balaban J connectivity index is 2.06. The van der Waals surface area contributed by atoms with Crippen LogP contribution in [-0.4, -0.2) is 15.2 Å². The SMILES string of the molecule is CC(Nc1ccc(N)cn1)c1cn[nH]c1. The Hall–Kier alpha value is -2.04. The van der Waals surface area contributed by atoms with E-state index in [2.05, 4.69) is 20.5 Å². The van der Waals surface area contributed by atoms with E-state index in [0.717, 1.165) is 11.4 Å². The maximum atomic E-state index is 5.55. The van der Waals surface area contributed by atoms with Crippen LogP contribution in [-0.2, 0) is 0 Å². The van der Waals surface area contributed by atoms with E-state index in [1.807, 2.05) is 25.3 Å². The number of H-pyrrole nitrogens is 1. The van der Waals surface area contributed by atoms with Crippen molar-refractivity contribution in [2.45, 2.75) is 13.0 Å². The average Bonchev–Trinajstić information content (AvgIpc) is 2.74. The summed E-state index contributed by atoms with van der Waals surface area (Å²) in [7, 11) is 0. The maximum Gasteiger partial charge on any atom is 0.126 e. The lowest BCUT2D eigenvalue weighted by atomic mass is 10.2. The lowest BCUT2D eigenvalue weighted by Crippen LogP contribution is -2.07. The molecule has 5 heteroatoms. The molecule has 4 N–H and O–H groups in total. The van der Waals surface area contributed by atoms with Crippen LogP contribution in [0.5, 0.6) is 0 Å². The number of nitrogens with two attached hydrogens (primary N) is 1. The molecule has 2 rings (SSSR count). The topological polar surface area (TPSA) is 79.6 Å². The van der Waals surface area contributed by atoms with E-state index in [4.69, 9.17) is 5.73 Å². The number of anilines is 2. The highest BCUT2D eigenvalue weighted by Gasteiger charge is 2.06. The molecule has 0 bridgehead atoms. The van der Waals surface area contributed by atoms with Gasteiger partial charge in [-0.15, -0.1) is 0 Å². The van der Waals surface area contributed by atoms with Gasteiger partial charge in [-0.2, -0.15) is 5.10 Å². The summed E-state index contributed by atoms with van der Waals surface area (Å²) in [5.74, 6) is 0.804. The van der Waals surface area contributed by atoms with Crippen molar-refractivity contribution in [2.75, 3.05) is 11.1 Å². The first-order chi connectivity index (χ1) is 7.25. The molecule has 0 spiro atoms. The van der Waals surface area contributed by atoms with Crippen molar-refractivity contribution in [3.05, 3.63) is 36.3 Å². The molecule has 0 aliphatic rings. The molecule has 0 saturated heterocycles. The van der Waals surface area contributed by atoms with Crippen LogP contribution in [0.1, 0.15) is 18.5 Å². The molecular formula is C10H13N5. The van der Waals surface area contributed by atoms with Crippen LogP contribution in [0.3, 0.4) is 0 Å². The van der Waals surface area contributed by atoms with E-state index in [-0.39, 0.29) is 6.04 Å². The molecule has 1 unspecified atom stereocenters. The van der Waals surface area contributed by atoms with Crippen LogP contribution < -0.4 is 11.1 Å². The van der Waals surface area contributed by atoms with E-state index in [1.165, 1.54) is 0 Å². The minimum Gasteiger partial charge on any atom is -0.397 e. The smallest absolute Gasteiger partial charge is 0.126 e. The summed E-state index contributed by atoms with van der Waals surface area (Å²) in [4.78, 5) is 4.16. The van der Waals surface area contributed by atoms with Gasteiger partial charge in [-0.25, -0.2) is 4.98 Å². The molecule has 2 aromatic rings. The Labute approximate surface area is 87.7 Å². The van der Waals surface area contributed by atoms with Crippen LogP contribution in [0.15, 0.2) is 30.7 Å². The van der Waals surface area contributed by atoms with Crippen LogP contribution in [0.25, 0.3) is 0 Å². The van der Waals surface area contributed by atoms with E-state index in [1.54, 1.807) is 12.4 Å². The number of aromatic amines is 1. The molecule has 2 heterocycles. The average molecular weight is 203 g/mol. The molecule has 0 fully saturated rings. The van der Waals surface area contributed by atoms with Crippen molar-refractivity contribution < 1.29 is 0 Å². The third kappa shape index (κ3) is 2.25. The minimum atomic E-state index is 0.167. The zero-order valence-corrected chi connectivity index (χ0v) is 8.44. The van der Waals surface area contributed by atoms with Gasteiger partial charge in [0.2, 0.25) is 0 Å². The number of nitrogen functional groups attached to an aromatic ring is 1. The molecule has 0 amide bonds. The molecule has 0 aromatic carbocycles. The van der Waals surface area contributed by atoms with Crippen LogP contribution >= 0.6 is 0 Å². The fraction of sp³-hybridized carbons (Fsp3) is 0.200. The van der Waals surface area contributed by atoms with Crippen LogP contribution in [0.2, 0.25) is 0 Å². The Morgan fingerprint density at radius 2 is 2.27 bits per heavy atom. The molecule has 0 saturated carbocycles. The first-order valence-corrected chi connectivity index (χ1v) is 4.72. The predicted molar refractivity (Wildman–Crippen MR) is 59.3 cm³/mol. The number of aromatic nitrogens is 3. The highest BCUT2D eigenvalue weighted by Crippen LogP contribution is 2.16. The van der Waals surface area contributed by atoms with Gasteiger partial charge in [0.1, 0.15) is 5.82 Å². The number of rotatable bonds is 3. The lowest BCUT2D eigenvalue weighted by Gasteiger charge is -2.12. The molecule has 2 aromatic heterocycles. The third-order valence-electron chi connectivity index (χ3n) is 2.17. The fourth-order valence-corrected chi connectivity index (χ4v) is 1.29. The summed E-state index contributed by atoms with van der Waals surface area (Å²) in [5, 5.41) is 9.91. The van der Waals surface area contributed by atoms with Crippen LogP contribution in [0, 0.1) is 0 Å². The van der Waals surface area contributed by atoms with Gasteiger partial charge in [-0.3, -0.25) is 5.10 Å². The maximum absolute atomic E-state index is 5.55. The van der Waals surface area contributed by atoms with Crippen LogP contribution in [0.4, 0.5) is 11.5 Å². The van der Waals surface area contributed by atoms with Gasteiger partial charge in [0.05, 0.1) is 24.1 Å². The van der Waals surface area contributed by atoms with Crippen molar-refractivity contribution in [3.63, 3.8) is 0 Å². The van der Waals surface area contributed by atoms with Gasteiger partial charge in [0.25, 0.3) is 0 Å². The summed E-state index contributed by atoms with van der Waals surface area (Å²) >= 11 is 0. The lowest BCUT2D eigenvalue weighted by molar-refractivity contribution is 0.876. The first kappa shape index (κ1) is 9.51. The molecular weight excluding hydrogens is 190 g/mol. The molecule has 78 valence electrons. The van der Waals surface area contributed by atoms with Gasteiger partial charge >= 0.3 is 0 Å². The van der Waals surface area contributed by atoms with Gasteiger partial charge in [0.15, 0.2) is 0 Å². The highest BCUT2D eigenvalue weighted by molar-refractivity contribution is 5.44. The van der Waals surface area contributed by atoms with E-state index < -0.39 is 0 Å². The summed E-state index contributed by atoms with van der Waals surface area (Å²) in [5.41, 5.74) is 7.30. The molecule has 1 atom stereocenters. The number of pyridine rings is 1.